The van der Waals surface area contributed by atoms with E-state index in [4.69, 9.17) is 18.9 Å². The number of carbonyl (C=O) groups is 1. The van der Waals surface area contributed by atoms with E-state index in [2.05, 4.69) is 0 Å². The molecule has 0 unspecified atom stereocenters. The minimum Gasteiger partial charge on any atom is -0.497 e. The Morgan fingerprint density at radius 2 is 1.85 bits per heavy atom. The molecular formula is C14H16O6. The highest BCUT2D eigenvalue weighted by Crippen LogP contribution is 2.34. The van der Waals surface area contributed by atoms with Crippen molar-refractivity contribution in [2.75, 3.05) is 21.3 Å². The smallest absolute Gasteiger partial charge is 0.335 e. The van der Waals surface area contributed by atoms with Gasteiger partial charge in [-0.1, -0.05) is 6.07 Å². The Morgan fingerprint density at radius 1 is 1.15 bits per heavy atom. The lowest BCUT2D eigenvalue weighted by molar-refractivity contribution is -0.144. The van der Waals surface area contributed by atoms with Crippen LogP contribution in [0.1, 0.15) is 11.7 Å². The second kappa shape index (κ2) is 5.83. The van der Waals surface area contributed by atoms with Crippen LogP contribution in [0.3, 0.4) is 0 Å². The van der Waals surface area contributed by atoms with Crippen molar-refractivity contribution in [3.63, 3.8) is 0 Å². The van der Waals surface area contributed by atoms with Crippen molar-refractivity contribution in [3.05, 3.63) is 35.6 Å². The summed E-state index contributed by atoms with van der Waals surface area (Å²) in [6.07, 6.45) is -0.688. The Balaban J connectivity index is 2.27. The van der Waals surface area contributed by atoms with Crippen molar-refractivity contribution >= 4 is 5.97 Å². The van der Waals surface area contributed by atoms with Crippen molar-refractivity contribution in [2.45, 2.75) is 12.2 Å². The van der Waals surface area contributed by atoms with E-state index in [-0.39, 0.29) is 5.76 Å². The number of hydrogen-bond acceptors (Lipinski definition) is 6. The summed E-state index contributed by atoms with van der Waals surface area (Å²) in [6, 6.07) is 4.97. The number of methoxy groups -OCH3 is 3. The molecule has 1 aromatic carbocycles. The van der Waals surface area contributed by atoms with E-state index in [9.17, 15) is 9.90 Å². The molecular weight excluding hydrogens is 264 g/mol. The van der Waals surface area contributed by atoms with Crippen LogP contribution in [0.4, 0.5) is 0 Å². The molecule has 0 saturated heterocycles. The van der Waals surface area contributed by atoms with E-state index < -0.39 is 18.2 Å². The van der Waals surface area contributed by atoms with Gasteiger partial charge in [-0.25, -0.2) is 4.79 Å². The molecule has 0 fully saturated rings. The number of esters is 1. The molecule has 2 rings (SSSR count). The Labute approximate surface area is 116 Å². The fourth-order valence-corrected chi connectivity index (χ4v) is 2.02. The monoisotopic (exact) mass is 280 g/mol. The van der Waals surface area contributed by atoms with Crippen molar-refractivity contribution < 1.29 is 28.8 Å². The summed E-state index contributed by atoms with van der Waals surface area (Å²) in [4.78, 5) is 11.2. The summed E-state index contributed by atoms with van der Waals surface area (Å²) in [5.74, 6) is 0.786. The Bertz CT molecular complexity index is 536. The molecule has 0 radical (unpaired) electrons. The predicted octanol–water partition coefficient (Wildman–Crippen LogP) is 1.19. The number of aliphatic hydroxyl groups excluding tert-OH is 1. The van der Waals surface area contributed by atoms with Gasteiger partial charge in [0.05, 0.1) is 27.4 Å². The van der Waals surface area contributed by atoms with Crippen molar-refractivity contribution in [1.82, 2.24) is 0 Å². The predicted molar refractivity (Wildman–Crippen MR) is 69.5 cm³/mol. The average molecular weight is 280 g/mol. The van der Waals surface area contributed by atoms with E-state index >= 15 is 0 Å². The van der Waals surface area contributed by atoms with Crippen LogP contribution in [-0.2, 0) is 14.3 Å². The largest absolute Gasteiger partial charge is 0.497 e. The van der Waals surface area contributed by atoms with Crippen molar-refractivity contribution in [1.29, 1.82) is 0 Å². The molecule has 1 N–H and O–H groups in total. The number of aliphatic hydroxyl groups is 1. The molecule has 0 amide bonds. The molecule has 108 valence electrons. The molecule has 1 heterocycles. The molecule has 2 atom stereocenters. The zero-order valence-electron chi connectivity index (χ0n) is 11.5. The highest BCUT2D eigenvalue weighted by Gasteiger charge is 2.35. The van der Waals surface area contributed by atoms with E-state index in [0.717, 1.165) is 0 Å². The molecule has 1 aromatic rings. The highest BCUT2D eigenvalue weighted by atomic mass is 16.6. The third-order valence-corrected chi connectivity index (χ3v) is 3.06. The minimum absolute atomic E-state index is 0.289. The topological polar surface area (TPSA) is 74.2 Å². The zero-order chi connectivity index (χ0) is 14.7. The van der Waals surface area contributed by atoms with Crippen LogP contribution in [0.15, 0.2) is 30.0 Å². The molecule has 6 heteroatoms. The Kier molecular flexibility index (Phi) is 4.14. The van der Waals surface area contributed by atoms with Crippen LogP contribution in [0, 0.1) is 0 Å². The van der Waals surface area contributed by atoms with Crippen LogP contribution in [0.2, 0.25) is 0 Å². The molecule has 20 heavy (non-hydrogen) atoms. The Morgan fingerprint density at radius 3 is 2.45 bits per heavy atom. The molecule has 0 aliphatic carbocycles. The van der Waals surface area contributed by atoms with Gasteiger partial charge >= 0.3 is 5.97 Å². The first-order valence-electron chi connectivity index (χ1n) is 5.97. The lowest BCUT2D eigenvalue weighted by atomic mass is 10.0. The van der Waals surface area contributed by atoms with Crippen molar-refractivity contribution in [3.8, 4) is 11.5 Å². The van der Waals surface area contributed by atoms with Gasteiger partial charge in [-0.3, -0.25) is 0 Å². The first-order valence-corrected chi connectivity index (χ1v) is 5.97. The average Bonchev–Trinajstić information content (AvgIpc) is 2.86. The van der Waals surface area contributed by atoms with Crippen LogP contribution in [0.5, 0.6) is 11.5 Å². The maximum Gasteiger partial charge on any atom is 0.335 e. The molecule has 0 aromatic heterocycles. The van der Waals surface area contributed by atoms with Gasteiger partial charge < -0.3 is 24.1 Å². The van der Waals surface area contributed by atoms with Crippen LogP contribution in [0.25, 0.3) is 0 Å². The van der Waals surface area contributed by atoms with E-state index in [1.165, 1.54) is 27.4 Å². The third-order valence-electron chi connectivity index (χ3n) is 3.06. The summed E-state index contributed by atoms with van der Waals surface area (Å²) < 4.78 is 20.4. The van der Waals surface area contributed by atoms with E-state index in [1.54, 1.807) is 18.2 Å². The number of benzene rings is 1. The van der Waals surface area contributed by atoms with Crippen LogP contribution in [-0.4, -0.2) is 38.5 Å². The number of hydrogen-bond donors (Lipinski definition) is 1. The first-order chi connectivity index (χ1) is 9.60. The quantitative estimate of drug-likeness (QED) is 0.817. The van der Waals surface area contributed by atoms with Gasteiger partial charge in [0.15, 0.2) is 17.6 Å². The Hall–Kier alpha value is -2.21. The van der Waals surface area contributed by atoms with Crippen LogP contribution < -0.4 is 9.47 Å². The van der Waals surface area contributed by atoms with Gasteiger partial charge in [0.25, 0.3) is 0 Å². The van der Waals surface area contributed by atoms with Gasteiger partial charge in [-0.2, -0.15) is 0 Å². The summed E-state index contributed by atoms with van der Waals surface area (Å²) in [5.41, 5.74) is 0.533. The minimum atomic E-state index is -1.05. The number of cyclic esters (lactones) is 1. The molecule has 1 aliphatic heterocycles. The molecule has 6 nitrogen and oxygen atoms in total. The van der Waals surface area contributed by atoms with Gasteiger partial charge in [-0.15, -0.1) is 0 Å². The van der Waals surface area contributed by atoms with Gasteiger partial charge in [0, 0.05) is 0 Å². The van der Waals surface area contributed by atoms with Gasteiger partial charge in [0.1, 0.15) is 11.9 Å². The lowest BCUT2D eigenvalue weighted by Gasteiger charge is -2.20. The molecule has 0 saturated carbocycles. The summed E-state index contributed by atoms with van der Waals surface area (Å²) >= 11 is 0. The highest BCUT2D eigenvalue weighted by molar-refractivity contribution is 5.85. The van der Waals surface area contributed by atoms with E-state index in [0.29, 0.717) is 17.1 Å². The number of ether oxygens (including phenoxy) is 4. The second-order valence-corrected chi connectivity index (χ2v) is 4.17. The lowest BCUT2D eigenvalue weighted by Crippen LogP contribution is -2.22. The zero-order valence-corrected chi connectivity index (χ0v) is 11.5. The maximum atomic E-state index is 11.2. The van der Waals surface area contributed by atoms with Gasteiger partial charge in [-0.05, 0) is 17.7 Å². The summed E-state index contributed by atoms with van der Waals surface area (Å²) in [6.45, 7) is 0. The second-order valence-electron chi connectivity index (χ2n) is 4.17. The first kappa shape index (κ1) is 14.2. The third kappa shape index (κ3) is 2.55. The van der Waals surface area contributed by atoms with Crippen molar-refractivity contribution in [2.24, 2.45) is 0 Å². The fraction of sp³-hybridized carbons (Fsp3) is 0.357. The fourth-order valence-electron chi connectivity index (χ4n) is 2.02. The SMILES string of the molecule is COC1=CC(=O)O[C@@H]1[C@@H](O)c1ccc(OC)c(OC)c1. The molecule has 0 bridgehead atoms. The molecule has 0 spiro atoms. The standard InChI is InChI=1S/C14H16O6/c1-17-9-5-4-8(6-10(9)18-2)13(16)14-11(19-3)7-12(15)20-14/h4-7,13-14,16H,1-3H3/t13-,14-/m0/s1. The molecule has 1 aliphatic rings. The summed E-state index contributed by atoms with van der Waals surface area (Å²) in [7, 11) is 4.45. The summed E-state index contributed by atoms with van der Waals surface area (Å²) in [5, 5.41) is 10.3. The maximum absolute atomic E-state index is 11.2. The number of rotatable bonds is 5. The normalized spacial score (nSPS) is 19.1. The van der Waals surface area contributed by atoms with E-state index in [1.807, 2.05) is 0 Å². The van der Waals surface area contributed by atoms with Gasteiger partial charge in [0.2, 0.25) is 0 Å². The van der Waals surface area contributed by atoms with Crippen LogP contribution >= 0.6 is 0 Å². The number of carbonyl (C=O) groups excluding carboxylic acids is 1.